The smallest absolute Gasteiger partial charge is 0.416 e. The number of nitro groups is 1. The second-order valence-electron chi connectivity index (χ2n) is 8.02. The summed E-state index contributed by atoms with van der Waals surface area (Å²) in [6.45, 7) is 5.39. The maximum Gasteiger partial charge on any atom is 0.416 e. The summed E-state index contributed by atoms with van der Waals surface area (Å²) in [6, 6.07) is 2.42. The van der Waals surface area contributed by atoms with Gasteiger partial charge in [-0.2, -0.15) is 13.2 Å². The molecule has 11 heteroatoms. The van der Waals surface area contributed by atoms with Crippen molar-refractivity contribution in [1.29, 1.82) is 0 Å². The molecule has 0 aliphatic carbocycles. The number of rotatable bonds is 5. The molecule has 0 unspecified atom stereocenters. The third kappa shape index (κ3) is 6.33. The first-order chi connectivity index (χ1) is 13.8. The van der Waals surface area contributed by atoms with Gasteiger partial charge in [0.15, 0.2) is 0 Å². The second-order valence-corrected chi connectivity index (χ2v) is 8.02. The molecule has 0 bridgehead atoms. The Kier molecular flexibility index (Phi) is 6.94. The minimum atomic E-state index is -4.68. The SMILES string of the molecule is CC(C)(C)OC(=O)CNC(=O)C1CCN(c2ccc(C(F)(F)F)cc2[N+](=O)[O-])CC1. The highest BCUT2D eigenvalue weighted by atomic mass is 19.4. The molecule has 0 atom stereocenters. The molecule has 0 aromatic heterocycles. The number of alkyl halides is 3. The zero-order valence-corrected chi connectivity index (χ0v) is 16.9. The number of nitro benzene ring substituents is 1. The number of amides is 1. The van der Waals surface area contributed by atoms with E-state index in [2.05, 4.69) is 5.32 Å². The molecule has 1 aromatic rings. The van der Waals surface area contributed by atoms with Crippen LogP contribution in [-0.4, -0.2) is 42.0 Å². The van der Waals surface area contributed by atoms with Crippen LogP contribution in [0.4, 0.5) is 24.5 Å². The van der Waals surface area contributed by atoms with Crippen molar-refractivity contribution in [2.45, 2.75) is 45.4 Å². The Morgan fingerprint density at radius 3 is 2.33 bits per heavy atom. The zero-order valence-electron chi connectivity index (χ0n) is 16.9. The number of carbonyl (C=O) groups is 2. The Hall–Kier alpha value is -2.85. The summed E-state index contributed by atoms with van der Waals surface area (Å²) in [5.74, 6) is -1.30. The first kappa shape index (κ1) is 23.4. The number of halogens is 3. The molecule has 1 fully saturated rings. The van der Waals surface area contributed by atoms with Crippen molar-refractivity contribution in [3.63, 3.8) is 0 Å². The Morgan fingerprint density at radius 2 is 1.83 bits per heavy atom. The summed E-state index contributed by atoms with van der Waals surface area (Å²) in [5, 5.41) is 13.8. The molecule has 1 saturated heterocycles. The van der Waals surface area contributed by atoms with Crippen LogP contribution in [0.5, 0.6) is 0 Å². The summed E-state index contributed by atoms with van der Waals surface area (Å²) in [6.07, 6.45) is -3.99. The van der Waals surface area contributed by atoms with Gasteiger partial charge in [0.25, 0.3) is 5.69 Å². The fraction of sp³-hybridized carbons (Fsp3) is 0.579. The Bertz CT molecular complexity index is 813. The van der Waals surface area contributed by atoms with Crippen molar-refractivity contribution in [2.24, 2.45) is 5.92 Å². The van der Waals surface area contributed by atoms with E-state index in [0.717, 1.165) is 12.1 Å². The van der Waals surface area contributed by atoms with Crippen molar-refractivity contribution >= 4 is 23.3 Å². The first-order valence-electron chi connectivity index (χ1n) is 9.38. The average Bonchev–Trinajstić information content (AvgIpc) is 2.63. The van der Waals surface area contributed by atoms with Crippen molar-refractivity contribution in [3.05, 3.63) is 33.9 Å². The number of piperidine rings is 1. The van der Waals surface area contributed by atoms with Gasteiger partial charge < -0.3 is 15.0 Å². The van der Waals surface area contributed by atoms with Gasteiger partial charge in [-0.3, -0.25) is 19.7 Å². The lowest BCUT2D eigenvalue weighted by Crippen LogP contribution is -2.42. The molecule has 0 radical (unpaired) electrons. The van der Waals surface area contributed by atoms with Gasteiger partial charge in [-0.25, -0.2) is 0 Å². The number of ether oxygens (including phenoxy) is 1. The van der Waals surface area contributed by atoms with Gasteiger partial charge in [0, 0.05) is 25.1 Å². The number of benzene rings is 1. The lowest BCUT2D eigenvalue weighted by atomic mass is 9.95. The van der Waals surface area contributed by atoms with Gasteiger partial charge in [-0.15, -0.1) is 0 Å². The van der Waals surface area contributed by atoms with Crippen molar-refractivity contribution in [2.75, 3.05) is 24.5 Å². The lowest BCUT2D eigenvalue weighted by Gasteiger charge is -2.32. The van der Waals surface area contributed by atoms with E-state index in [9.17, 15) is 32.9 Å². The Labute approximate surface area is 171 Å². The monoisotopic (exact) mass is 431 g/mol. The van der Waals surface area contributed by atoms with E-state index in [1.807, 2.05) is 0 Å². The zero-order chi connectivity index (χ0) is 22.7. The topological polar surface area (TPSA) is 102 Å². The van der Waals surface area contributed by atoms with Crippen molar-refractivity contribution in [3.8, 4) is 0 Å². The fourth-order valence-corrected chi connectivity index (χ4v) is 3.18. The van der Waals surface area contributed by atoms with Crippen LogP contribution < -0.4 is 10.2 Å². The summed E-state index contributed by atoms with van der Waals surface area (Å²) in [5.41, 5.74) is -2.29. The molecule has 1 amide bonds. The molecule has 30 heavy (non-hydrogen) atoms. The largest absolute Gasteiger partial charge is 0.459 e. The molecule has 8 nitrogen and oxygen atoms in total. The Morgan fingerprint density at radius 1 is 1.23 bits per heavy atom. The second kappa shape index (κ2) is 8.88. The van der Waals surface area contributed by atoms with Crippen LogP contribution in [0.2, 0.25) is 0 Å². The quantitative estimate of drug-likeness (QED) is 0.436. The van der Waals surface area contributed by atoms with E-state index in [1.54, 1.807) is 25.7 Å². The predicted molar refractivity (Wildman–Crippen MR) is 102 cm³/mol. The molecule has 2 rings (SSSR count). The van der Waals surface area contributed by atoms with E-state index in [0.29, 0.717) is 18.9 Å². The van der Waals surface area contributed by atoms with Gasteiger partial charge in [0.05, 0.1) is 10.5 Å². The van der Waals surface area contributed by atoms with E-state index in [1.165, 1.54) is 0 Å². The van der Waals surface area contributed by atoms with Crippen LogP contribution >= 0.6 is 0 Å². The normalized spacial score (nSPS) is 15.6. The van der Waals surface area contributed by atoms with Gasteiger partial charge in [0.2, 0.25) is 5.91 Å². The van der Waals surface area contributed by atoms with Gasteiger partial charge in [-0.1, -0.05) is 0 Å². The maximum absolute atomic E-state index is 12.9. The number of esters is 1. The molecular formula is C19H24F3N3O5. The van der Waals surface area contributed by atoms with Crippen LogP contribution in [-0.2, 0) is 20.5 Å². The van der Waals surface area contributed by atoms with Crippen LogP contribution in [0.25, 0.3) is 0 Å². The number of nitrogens with zero attached hydrogens (tertiary/aromatic N) is 2. The maximum atomic E-state index is 12.9. The lowest BCUT2D eigenvalue weighted by molar-refractivity contribution is -0.384. The van der Waals surface area contributed by atoms with Crippen molar-refractivity contribution in [1.82, 2.24) is 5.32 Å². The summed E-state index contributed by atoms with van der Waals surface area (Å²) in [7, 11) is 0. The number of hydrogen-bond donors (Lipinski definition) is 1. The summed E-state index contributed by atoms with van der Waals surface area (Å²) >= 11 is 0. The van der Waals surface area contributed by atoms with Crippen LogP contribution in [0.15, 0.2) is 18.2 Å². The molecule has 166 valence electrons. The number of nitrogens with one attached hydrogen (secondary N) is 1. The summed E-state index contributed by atoms with van der Waals surface area (Å²) in [4.78, 5) is 36.0. The van der Waals surface area contributed by atoms with Gasteiger partial charge in [-0.05, 0) is 45.7 Å². The van der Waals surface area contributed by atoms with E-state index < -0.39 is 39.8 Å². The molecule has 1 aromatic carbocycles. The predicted octanol–water partition coefficient (Wildman–Crippen LogP) is 3.29. The van der Waals surface area contributed by atoms with Gasteiger partial charge >= 0.3 is 12.1 Å². The highest BCUT2D eigenvalue weighted by Gasteiger charge is 2.35. The molecule has 0 spiro atoms. The van der Waals surface area contributed by atoms with E-state index in [-0.39, 0.29) is 31.2 Å². The molecule has 1 aliphatic rings. The highest BCUT2D eigenvalue weighted by molar-refractivity contribution is 5.84. The standard InChI is InChI=1S/C19H24F3N3O5/c1-18(2,3)30-16(26)11-23-17(27)12-6-8-24(9-7-12)14-5-4-13(19(20,21)22)10-15(14)25(28)29/h4-5,10,12H,6-9,11H2,1-3H3,(H,23,27). The minimum Gasteiger partial charge on any atom is -0.459 e. The van der Waals surface area contributed by atoms with Crippen molar-refractivity contribution < 1.29 is 32.4 Å². The molecular weight excluding hydrogens is 407 g/mol. The molecule has 0 saturated carbocycles. The molecule has 1 heterocycles. The first-order valence-corrected chi connectivity index (χ1v) is 9.38. The average molecular weight is 431 g/mol. The fourth-order valence-electron chi connectivity index (χ4n) is 3.18. The van der Waals surface area contributed by atoms with Crippen LogP contribution in [0, 0.1) is 16.0 Å². The van der Waals surface area contributed by atoms with Crippen LogP contribution in [0.1, 0.15) is 39.2 Å². The Balaban J connectivity index is 1.98. The highest BCUT2D eigenvalue weighted by Crippen LogP contribution is 2.37. The van der Waals surface area contributed by atoms with Crippen LogP contribution in [0.3, 0.4) is 0 Å². The summed E-state index contributed by atoms with van der Waals surface area (Å²) < 4.78 is 43.7. The third-order valence-corrected chi connectivity index (χ3v) is 4.53. The van der Waals surface area contributed by atoms with Gasteiger partial charge in [0.1, 0.15) is 17.8 Å². The van der Waals surface area contributed by atoms with E-state index in [4.69, 9.17) is 4.74 Å². The van der Waals surface area contributed by atoms with E-state index >= 15 is 0 Å². The number of hydrogen-bond acceptors (Lipinski definition) is 6. The number of carbonyl (C=O) groups excluding carboxylic acids is 2. The minimum absolute atomic E-state index is 0.0839. The molecule has 1 aliphatic heterocycles. The number of anilines is 1. The third-order valence-electron chi connectivity index (χ3n) is 4.53. The molecule has 1 N–H and O–H groups in total.